The molecule has 0 heterocycles. The third-order valence-corrected chi connectivity index (χ3v) is 3.05. The zero-order chi connectivity index (χ0) is 12.6. The van der Waals surface area contributed by atoms with Gasteiger partial charge in [-0.15, -0.1) is 0 Å². The molecule has 88 valence electrons. The molecule has 2 nitrogen and oxygen atoms in total. The SMILES string of the molecule is Cc1ccc(-c2c(O)cc(C)c(O)c2C)cc1. The van der Waals surface area contributed by atoms with Crippen LogP contribution in [0, 0.1) is 20.8 Å². The molecule has 2 rings (SSSR count). The van der Waals surface area contributed by atoms with Crippen LogP contribution in [0.2, 0.25) is 0 Å². The van der Waals surface area contributed by atoms with Gasteiger partial charge in [-0.2, -0.15) is 0 Å². The first kappa shape index (κ1) is 11.5. The molecule has 0 spiro atoms. The molecule has 0 fully saturated rings. The molecule has 0 unspecified atom stereocenters. The van der Waals surface area contributed by atoms with Gasteiger partial charge in [0, 0.05) is 11.1 Å². The summed E-state index contributed by atoms with van der Waals surface area (Å²) in [4.78, 5) is 0. The predicted octanol–water partition coefficient (Wildman–Crippen LogP) is 3.69. The van der Waals surface area contributed by atoms with Crippen LogP contribution >= 0.6 is 0 Å². The fourth-order valence-corrected chi connectivity index (χ4v) is 2.04. The summed E-state index contributed by atoms with van der Waals surface area (Å²) in [6.45, 7) is 5.61. The summed E-state index contributed by atoms with van der Waals surface area (Å²) >= 11 is 0. The molecule has 2 heteroatoms. The molecule has 0 atom stereocenters. The monoisotopic (exact) mass is 228 g/mol. The highest BCUT2D eigenvalue weighted by Crippen LogP contribution is 2.39. The van der Waals surface area contributed by atoms with Crippen molar-refractivity contribution in [2.24, 2.45) is 0 Å². The van der Waals surface area contributed by atoms with E-state index in [-0.39, 0.29) is 11.5 Å². The van der Waals surface area contributed by atoms with Crippen LogP contribution in [0.15, 0.2) is 30.3 Å². The van der Waals surface area contributed by atoms with Crippen molar-refractivity contribution in [3.8, 4) is 22.6 Å². The number of hydrogen-bond acceptors (Lipinski definition) is 2. The van der Waals surface area contributed by atoms with E-state index < -0.39 is 0 Å². The van der Waals surface area contributed by atoms with Crippen molar-refractivity contribution >= 4 is 0 Å². The predicted molar refractivity (Wildman–Crippen MR) is 69.4 cm³/mol. The lowest BCUT2D eigenvalue weighted by atomic mass is 9.96. The molecule has 0 saturated heterocycles. The molecule has 2 aromatic carbocycles. The van der Waals surface area contributed by atoms with E-state index in [2.05, 4.69) is 0 Å². The number of phenolic OH excluding ortho intramolecular Hbond substituents is 2. The van der Waals surface area contributed by atoms with Gasteiger partial charge in [-0.25, -0.2) is 0 Å². The van der Waals surface area contributed by atoms with Gasteiger partial charge in [0.15, 0.2) is 0 Å². The highest BCUT2D eigenvalue weighted by Gasteiger charge is 2.13. The second-order valence-corrected chi connectivity index (χ2v) is 4.43. The van der Waals surface area contributed by atoms with E-state index in [0.717, 1.165) is 5.56 Å². The van der Waals surface area contributed by atoms with E-state index in [1.807, 2.05) is 38.1 Å². The molecular weight excluding hydrogens is 212 g/mol. The van der Waals surface area contributed by atoms with E-state index in [4.69, 9.17) is 0 Å². The summed E-state index contributed by atoms with van der Waals surface area (Å²) in [5.74, 6) is 0.458. The Balaban J connectivity index is 2.67. The zero-order valence-electron chi connectivity index (χ0n) is 10.3. The van der Waals surface area contributed by atoms with Gasteiger partial charge in [0.05, 0.1) is 0 Å². The Labute approximate surface area is 101 Å². The first-order valence-corrected chi connectivity index (χ1v) is 5.60. The molecule has 0 saturated carbocycles. The maximum absolute atomic E-state index is 10.0. The first-order valence-electron chi connectivity index (χ1n) is 5.60. The van der Waals surface area contributed by atoms with E-state index >= 15 is 0 Å². The molecule has 0 radical (unpaired) electrons. The van der Waals surface area contributed by atoms with Gasteiger partial charge in [-0.1, -0.05) is 29.8 Å². The third kappa shape index (κ3) is 1.98. The number of rotatable bonds is 1. The van der Waals surface area contributed by atoms with Crippen molar-refractivity contribution in [3.63, 3.8) is 0 Å². The van der Waals surface area contributed by atoms with Crippen molar-refractivity contribution < 1.29 is 10.2 Å². The van der Waals surface area contributed by atoms with Gasteiger partial charge in [-0.05, 0) is 38.0 Å². The normalized spacial score (nSPS) is 10.5. The minimum absolute atomic E-state index is 0.210. The summed E-state index contributed by atoms with van der Waals surface area (Å²) in [5.41, 5.74) is 4.19. The lowest BCUT2D eigenvalue weighted by Gasteiger charge is -2.12. The quantitative estimate of drug-likeness (QED) is 0.731. The molecule has 0 aliphatic heterocycles. The van der Waals surface area contributed by atoms with Crippen LogP contribution in [-0.2, 0) is 0 Å². The summed E-state index contributed by atoms with van der Waals surface area (Å²) in [6.07, 6.45) is 0. The Bertz CT molecular complexity index is 554. The number of aromatic hydroxyl groups is 2. The second-order valence-electron chi connectivity index (χ2n) is 4.43. The van der Waals surface area contributed by atoms with E-state index in [0.29, 0.717) is 16.7 Å². The molecule has 0 bridgehead atoms. The lowest BCUT2D eigenvalue weighted by Crippen LogP contribution is -1.88. The van der Waals surface area contributed by atoms with Crippen LogP contribution in [0.25, 0.3) is 11.1 Å². The van der Waals surface area contributed by atoms with Crippen LogP contribution in [0.5, 0.6) is 11.5 Å². The molecule has 0 amide bonds. The van der Waals surface area contributed by atoms with Crippen LogP contribution in [0.3, 0.4) is 0 Å². The summed E-state index contributed by atoms with van der Waals surface area (Å²) < 4.78 is 0. The molecular formula is C15H16O2. The number of hydrogen-bond donors (Lipinski definition) is 2. The third-order valence-electron chi connectivity index (χ3n) is 3.05. The Morgan fingerprint density at radius 3 is 2.06 bits per heavy atom. The van der Waals surface area contributed by atoms with Crippen molar-refractivity contribution in [2.45, 2.75) is 20.8 Å². The topological polar surface area (TPSA) is 40.5 Å². The van der Waals surface area contributed by atoms with Gasteiger partial charge in [-0.3, -0.25) is 0 Å². The highest BCUT2D eigenvalue weighted by atomic mass is 16.3. The van der Waals surface area contributed by atoms with Crippen LogP contribution in [-0.4, -0.2) is 10.2 Å². The van der Waals surface area contributed by atoms with Gasteiger partial charge < -0.3 is 10.2 Å². The largest absolute Gasteiger partial charge is 0.507 e. The number of benzene rings is 2. The van der Waals surface area contributed by atoms with Gasteiger partial charge in [0.2, 0.25) is 0 Å². The van der Waals surface area contributed by atoms with Crippen LogP contribution in [0.4, 0.5) is 0 Å². The molecule has 0 aliphatic carbocycles. The fraction of sp³-hybridized carbons (Fsp3) is 0.200. The molecule has 2 aromatic rings. The fourth-order valence-electron chi connectivity index (χ4n) is 2.04. The maximum Gasteiger partial charge on any atom is 0.124 e. The van der Waals surface area contributed by atoms with E-state index in [1.165, 1.54) is 5.56 Å². The number of aryl methyl sites for hydroxylation is 2. The molecule has 0 aliphatic rings. The average Bonchev–Trinajstić information content (AvgIpc) is 2.29. The maximum atomic E-state index is 10.0. The summed E-state index contributed by atoms with van der Waals surface area (Å²) in [7, 11) is 0. The summed E-state index contributed by atoms with van der Waals surface area (Å²) in [6, 6.07) is 9.48. The van der Waals surface area contributed by atoms with E-state index in [1.54, 1.807) is 13.0 Å². The van der Waals surface area contributed by atoms with Crippen molar-refractivity contribution in [2.75, 3.05) is 0 Å². The highest BCUT2D eigenvalue weighted by molar-refractivity contribution is 5.76. The molecule has 17 heavy (non-hydrogen) atoms. The van der Waals surface area contributed by atoms with Crippen LogP contribution in [0.1, 0.15) is 16.7 Å². The van der Waals surface area contributed by atoms with Crippen molar-refractivity contribution in [1.82, 2.24) is 0 Å². The van der Waals surface area contributed by atoms with Gasteiger partial charge in [0.25, 0.3) is 0 Å². The minimum atomic E-state index is 0.210. The smallest absolute Gasteiger partial charge is 0.124 e. The Morgan fingerprint density at radius 1 is 0.882 bits per heavy atom. The Morgan fingerprint density at radius 2 is 1.47 bits per heavy atom. The molecule has 0 aromatic heterocycles. The summed E-state index contributed by atoms with van der Waals surface area (Å²) in [5, 5.41) is 19.9. The zero-order valence-corrected chi connectivity index (χ0v) is 10.3. The standard InChI is InChI=1S/C15H16O2/c1-9-4-6-12(7-5-9)14-11(3)15(17)10(2)8-13(14)16/h4-8,16-17H,1-3H3. The Hall–Kier alpha value is -1.96. The molecule has 2 N–H and O–H groups in total. The van der Waals surface area contributed by atoms with Crippen molar-refractivity contribution in [1.29, 1.82) is 0 Å². The second kappa shape index (κ2) is 4.13. The van der Waals surface area contributed by atoms with Crippen LogP contribution < -0.4 is 0 Å². The minimum Gasteiger partial charge on any atom is -0.507 e. The first-order chi connectivity index (χ1) is 8.00. The van der Waals surface area contributed by atoms with E-state index in [9.17, 15) is 10.2 Å². The van der Waals surface area contributed by atoms with Gasteiger partial charge in [0.1, 0.15) is 11.5 Å². The van der Waals surface area contributed by atoms with Gasteiger partial charge >= 0.3 is 0 Å². The van der Waals surface area contributed by atoms with Crippen molar-refractivity contribution in [3.05, 3.63) is 47.0 Å². The lowest BCUT2D eigenvalue weighted by molar-refractivity contribution is 0.454. The average molecular weight is 228 g/mol. The Kier molecular flexibility index (Phi) is 2.80. The number of phenols is 2.